The molecule has 0 saturated carbocycles. The molecule has 3 heteroatoms. The van der Waals surface area contributed by atoms with E-state index in [9.17, 15) is 4.39 Å². The van der Waals surface area contributed by atoms with Gasteiger partial charge < -0.3 is 5.73 Å². The zero-order valence-corrected chi connectivity index (χ0v) is 9.48. The second-order valence-corrected chi connectivity index (χ2v) is 4.76. The van der Waals surface area contributed by atoms with E-state index in [4.69, 9.17) is 5.73 Å². The molecule has 1 aromatic carbocycles. The van der Waals surface area contributed by atoms with Crippen LogP contribution in [0, 0.1) is 0 Å². The van der Waals surface area contributed by atoms with E-state index in [1.165, 1.54) is 5.56 Å². The Hall–Kier alpha value is -0.410. The minimum Gasteiger partial charge on any atom is -0.328 e. The van der Waals surface area contributed by atoms with Gasteiger partial charge in [0.1, 0.15) is 5.67 Å². The maximum atomic E-state index is 14.0. The molecule has 0 radical (unpaired) electrons. The zero-order chi connectivity index (χ0) is 10.2. The Kier molecular flexibility index (Phi) is 2.62. The van der Waals surface area contributed by atoms with Gasteiger partial charge in [-0.25, -0.2) is 4.39 Å². The van der Waals surface area contributed by atoms with E-state index >= 15 is 0 Å². The van der Waals surface area contributed by atoms with Gasteiger partial charge in [-0.05, 0) is 30.0 Å². The van der Waals surface area contributed by atoms with Crippen molar-refractivity contribution in [1.29, 1.82) is 0 Å². The smallest absolute Gasteiger partial charge is 0.127 e. The van der Waals surface area contributed by atoms with Gasteiger partial charge >= 0.3 is 0 Å². The lowest BCUT2D eigenvalue weighted by Gasteiger charge is -2.30. The number of hydrogen-bond acceptors (Lipinski definition) is 1. The van der Waals surface area contributed by atoms with Crippen molar-refractivity contribution >= 4 is 15.9 Å². The van der Waals surface area contributed by atoms with Crippen molar-refractivity contribution in [2.24, 2.45) is 5.73 Å². The summed E-state index contributed by atoms with van der Waals surface area (Å²) < 4.78 is 15.1. The number of fused-ring (bicyclic) bond motifs is 1. The molecule has 0 amide bonds. The van der Waals surface area contributed by atoms with Crippen molar-refractivity contribution in [1.82, 2.24) is 0 Å². The van der Waals surface area contributed by atoms with Gasteiger partial charge in [-0.3, -0.25) is 0 Å². The average molecular weight is 258 g/mol. The standard InChI is InChI=1S/C11H13BrFN/c12-10-3-1-2-8-6-11(13,7-14)5-4-9(8)10/h1-3H,4-7,14H2. The van der Waals surface area contributed by atoms with E-state index in [0.29, 0.717) is 12.8 Å². The molecule has 0 bridgehead atoms. The average Bonchev–Trinajstić information content (AvgIpc) is 2.18. The van der Waals surface area contributed by atoms with Crippen LogP contribution in [0.4, 0.5) is 4.39 Å². The van der Waals surface area contributed by atoms with Crippen LogP contribution in [0.1, 0.15) is 17.5 Å². The van der Waals surface area contributed by atoms with Crippen LogP contribution in [0.2, 0.25) is 0 Å². The second-order valence-electron chi connectivity index (χ2n) is 3.91. The summed E-state index contributed by atoms with van der Waals surface area (Å²) in [6, 6.07) is 5.95. The van der Waals surface area contributed by atoms with Crippen molar-refractivity contribution in [3.8, 4) is 0 Å². The topological polar surface area (TPSA) is 26.0 Å². The Bertz CT molecular complexity index is 353. The number of hydrogen-bond donors (Lipinski definition) is 1. The fourth-order valence-corrected chi connectivity index (χ4v) is 2.61. The molecule has 1 nitrogen and oxygen atoms in total. The molecule has 1 atom stereocenters. The molecule has 1 aliphatic carbocycles. The highest BCUT2D eigenvalue weighted by molar-refractivity contribution is 9.10. The van der Waals surface area contributed by atoms with Crippen LogP contribution in [-0.2, 0) is 12.8 Å². The van der Waals surface area contributed by atoms with Crippen LogP contribution in [0.3, 0.4) is 0 Å². The zero-order valence-electron chi connectivity index (χ0n) is 7.89. The van der Waals surface area contributed by atoms with Gasteiger partial charge in [0.25, 0.3) is 0 Å². The Labute approximate surface area is 91.6 Å². The van der Waals surface area contributed by atoms with Gasteiger partial charge in [-0.15, -0.1) is 0 Å². The van der Waals surface area contributed by atoms with Crippen LogP contribution < -0.4 is 5.73 Å². The summed E-state index contributed by atoms with van der Waals surface area (Å²) in [6.07, 6.45) is 1.78. The van der Waals surface area contributed by atoms with Crippen LogP contribution in [0.25, 0.3) is 0 Å². The summed E-state index contributed by atoms with van der Waals surface area (Å²) in [6.45, 7) is 0.124. The molecule has 0 heterocycles. The van der Waals surface area contributed by atoms with Crippen molar-refractivity contribution < 1.29 is 4.39 Å². The third-order valence-corrected chi connectivity index (χ3v) is 3.65. The lowest BCUT2D eigenvalue weighted by atomic mass is 9.82. The molecule has 2 N–H and O–H groups in total. The summed E-state index contributed by atoms with van der Waals surface area (Å²) in [4.78, 5) is 0. The van der Waals surface area contributed by atoms with Crippen LogP contribution in [0.15, 0.2) is 22.7 Å². The normalized spacial score (nSPS) is 25.9. The Morgan fingerprint density at radius 3 is 3.00 bits per heavy atom. The number of rotatable bonds is 1. The van der Waals surface area contributed by atoms with Gasteiger partial charge in [-0.2, -0.15) is 0 Å². The van der Waals surface area contributed by atoms with E-state index in [1.807, 2.05) is 18.2 Å². The number of alkyl halides is 1. The van der Waals surface area contributed by atoms with E-state index in [2.05, 4.69) is 15.9 Å². The fourth-order valence-electron chi connectivity index (χ4n) is 2.00. The van der Waals surface area contributed by atoms with Crippen molar-refractivity contribution in [3.05, 3.63) is 33.8 Å². The predicted molar refractivity (Wildman–Crippen MR) is 59.1 cm³/mol. The van der Waals surface area contributed by atoms with Gasteiger partial charge in [0.05, 0.1) is 0 Å². The van der Waals surface area contributed by atoms with E-state index in [1.54, 1.807) is 0 Å². The van der Waals surface area contributed by atoms with Crippen molar-refractivity contribution in [2.75, 3.05) is 6.54 Å². The fraction of sp³-hybridized carbons (Fsp3) is 0.455. The lowest BCUT2D eigenvalue weighted by Crippen LogP contribution is -2.38. The van der Waals surface area contributed by atoms with Crippen LogP contribution >= 0.6 is 15.9 Å². The molecule has 0 aliphatic heterocycles. The van der Waals surface area contributed by atoms with Gasteiger partial charge in [0, 0.05) is 17.4 Å². The first-order valence-corrected chi connectivity index (χ1v) is 5.59. The minimum absolute atomic E-state index is 0.124. The lowest BCUT2D eigenvalue weighted by molar-refractivity contribution is 0.151. The second kappa shape index (κ2) is 3.63. The quantitative estimate of drug-likeness (QED) is 0.823. The van der Waals surface area contributed by atoms with E-state index < -0.39 is 5.67 Å². The molecule has 2 rings (SSSR count). The molecule has 14 heavy (non-hydrogen) atoms. The maximum absolute atomic E-state index is 14.0. The highest BCUT2D eigenvalue weighted by atomic mass is 79.9. The maximum Gasteiger partial charge on any atom is 0.127 e. The Morgan fingerprint density at radius 1 is 1.50 bits per heavy atom. The van der Waals surface area contributed by atoms with Gasteiger partial charge in [0.2, 0.25) is 0 Å². The van der Waals surface area contributed by atoms with E-state index in [-0.39, 0.29) is 6.54 Å². The first-order chi connectivity index (χ1) is 6.64. The number of halogens is 2. The van der Waals surface area contributed by atoms with E-state index in [0.717, 1.165) is 16.5 Å². The SMILES string of the molecule is NCC1(F)CCc2c(Br)cccc2C1. The number of nitrogens with two attached hydrogens (primary N) is 1. The number of benzene rings is 1. The molecule has 0 fully saturated rings. The third kappa shape index (κ3) is 1.71. The highest BCUT2D eigenvalue weighted by Gasteiger charge is 2.33. The summed E-state index contributed by atoms with van der Waals surface area (Å²) in [5.41, 5.74) is 6.60. The summed E-state index contributed by atoms with van der Waals surface area (Å²) >= 11 is 3.49. The molecule has 0 spiro atoms. The largest absolute Gasteiger partial charge is 0.328 e. The van der Waals surface area contributed by atoms with Crippen molar-refractivity contribution in [2.45, 2.75) is 24.9 Å². The Balaban J connectivity index is 2.36. The van der Waals surface area contributed by atoms with Gasteiger partial charge in [-0.1, -0.05) is 28.1 Å². The monoisotopic (exact) mass is 257 g/mol. The molecule has 1 aliphatic rings. The van der Waals surface area contributed by atoms with Gasteiger partial charge in [0.15, 0.2) is 0 Å². The molecule has 1 unspecified atom stereocenters. The predicted octanol–water partition coefficient (Wildman–Crippen LogP) is 2.60. The minimum atomic E-state index is -1.19. The first-order valence-electron chi connectivity index (χ1n) is 4.80. The summed E-state index contributed by atoms with van der Waals surface area (Å²) in [7, 11) is 0. The van der Waals surface area contributed by atoms with Crippen LogP contribution in [0.5, 0.6) is 0 Å². The molecule has 76 valence electrons. The Morgan fingerprint density at radius 2 is 2.29 bits per heavy atom. The van der Waals surface area contributed by atoms with Crippen molar-refractivity contribution in [3.63, 3.8) is 0 Å². The summed E-state index contributed by atoms with van der Waals surface area (Å²) in [5, 5.41) is 0. The molecule has 0 saturated heterocycles. The molecule has 0 aromatic heterocycles. The van der Waals surface area contributed by atoms with Crippen LogP contribution in [-0.4, -0.2) is 12.2 Å². The molecule has 1 aromatic rings. The first kappa shape index (κ1) is 10.1. The third-order valence-electron chi connectivity index (χ3n) is 2.91. The summed E-state index contributed by atoms with van der Waals surface area (Å²) in [5.74, 6) is 0. The highest BCUT2D eigenvalue weighted by Crippen LogP contribution is 2.34. The molecular formula is C11H13BrFN. The molecular weight excluding hydrogens is 245 g/mol.